The Morgan fingerprint density at radius 3 is 2.24 bits per heavy atom. The third-order valence-electron chi connectivity index (χ3n) is 5.89. The first-order valence-electron chi connectivity index (χ1n) is 10.8. The van der Waals surface area contributed by atoms with Gasteiger partial charge in [-0.05, 0) is 61.7 Å². The van der Waals surface area contributed by atoms with Gasteiger partial charge in [-0.2, -0.15) is 9.78 Å². The van der Waals surface area contributed by atoms with Crippen LogP contribution in [0.4, 0.5) is 5.82 Å². The van der Waals surface area contributed by atoms with Crippen molar-refractivity contribution in [1.82, 2.24) is 14.6 Å². The number of benzene rings is 3. The number of hydrogen-bond acceptors (Lipinski definition) is 6. The van der Waals surface area contributed by atoms with Crippen LogP contribution in [-0.2, 0) is 9.84 Å². The van der Waals surface area contributed by atoms with Crippen LogP contribution in [0.3, 0.4) is 0 Å². The number of nitrogens with zero attached hydrogens (tertiary/aromatic N) is 4. The van der Waals surface area contributed by atoms with E-state index in [9.17, 15) is 8.42 Å². The van der Waals surface area contributed by atoms with Crippen LogP contribution in [0.1, 0.15) is 22.3 Å². The van der Waals surface area contributed by atoms with Crippen molar-refractivity contribution in [2.45, 2.75) is 30.6 Å². The highest BCUT2D eigenvalue weighted by Gasteiger charge is 2.30. The van der Waals surface area contributed by atoms with E-state index in [2.05, 4.69) is 15.1 Å². The predicted molar refractivity (Wildman–Crippen MR) is 135 cm³/mol. The molecule has 0 spiro atoms. The molecule has 0 aliphatic heterocycles. The Kier molecular flexibility index (Phi) is 5.17. The van der Waals surface area contributed by atoms with E-state index in [4.69, 9.17) is 5.73 Å². The molecule has 2 N–H and O–H groups in total. The first-order valence-corrected chi connectivity index (χ1v) is 12.2. The molecule has 2 aromatic heterocycles. The smallest absolute Gasteiger partial charge is 0.212 e. The molecule has 0 radical (unpaired) electrons. The molecule has 5 rings (SSSR count). The number of aryl methyl sites for hydroxylation is 3. The summed E-state index contributed by atoms with van der Waals surface area (Å²) in [6.45, 7) is 5.81. The van der Waals surface area contributed by atoms with E-state index in [1.807, 2.05) is 63.2 Å². The normalized spacial score (nSPS) is 12.2. The van der Waals surface area contributed by atoms with Crippen LogP contribution < -0.4 is 5.73 Å². The highest BCUT2D eigenvalue weighted by molar-refractivity contribution is 7.92. The lowest BCUT2D eigenvalue weighted by Crippen LogP contribution is -2.07. The summed E-state index contributed by atoms with van der Waals surface area (Å²) in [4.78, 5) is 9.37. The van der Waals surface area contributed by atoms with Crippen molar-refractivity contribution < 1.29 is 8.42 Å². The zero-order valence-corrected chi connectivity index (χ0v) is 19.8. The van der Waals surface area contributed by atoms with Crippen LogP contribution >= 0.6 is 0 Å². The molecule has 7 nitrogen and oxygen atoms in total. The van der Waals surface area contributed by atoms with E-state index >= 15 is 0 Å². The van der Waals surface area contributed by atoms with E-state index in [0.717, 1.165) is 22.3 Å². The largest absolute Gasteiger partial charge is 0.382 e. The maximum Gasteiger partial charge on any atom is 0.212 e. The Labute approximate surface area is 197 Å². The summed E-state index contributed by atoms with van der Waals surface area (Å²) in [5.41, 5.74) is 12.0. The molecule has 5 aromatic rings. The lowest BCUT2D eigenvalue weighted by molar-refractivity contribution is 0.597. The van der Waals surface area contributed by atoms with Gasteiger partial charge in [-0.3, -0.25) is 0 Å². The number of nitrogen functional groups attached to an aromatic ring is 1. The van der Waals surface area contributed by atoms with Crippen molar-refractivity contribution in [2.24, 2.45) is 5.10 Å². The molecule has 0 atom stereocenters. The summed E-state index contributed by atoms with van der Waals surface area (Å²) in [6, 6.07) is 20.1. The highest BCUT2D eigenvalue weighted by Crippen LogP contribution is 2.35. The molecule has 0 unspecified atom stereocenters. The summed E-state index contributed by atoms with van der Waals surface area (Å²) in [5.74, 6) is -0.0353. The van der Waals surface area contributed by atoms with Crippen molar-refractivity contribution >= 4 is 44.1 Å². The topological polar surface area (TPSA) is 103 Å². The molecular weight excluding hydrogens is 446 g/mol. The fourth-order valence-corrected chi connectivity index (χ4v) is 5.35. The molecule has 0 aliphatic rings. The van der Waals surface area contributed by atoms with Crippen LogP contribution in [-0.4, -0.2) is 29.3 Å². The van der Waals surface area contributed by atoms with Gasteiger partial charge in [-0.1, -0.05) is 48.0 Å². The van der Waals surface area contributed by atoms with E-state index in [-0.39, 0.29) is 26.8 Å². The molecule has 8 heteroatoms. The van der Waals surface area contributed by atoms with E-state index in [0.29, 0.717) is 11.0 Å². The quantitative estimate of drug-likeness (QED) is 0.381. The van der Waals surface area contributed by atoms with E-state index < -0.39 is 9.84 Å². The molecule has 0 bridgehead atoms. The Morgan fingerprint density at radius 1 is 0.882 bits per heavy atom. The number of fused-ring (bicyclic) bond motifs is 2. The van der Waals surface area contributed by atoms with Gasteiger partial charge in [-0.15, -0.1) is 0 Å². The molecule has 170 valence electrons. The lowest BCUT2D eigenvalue weighted by Gasteiger charge is -2.07. The van der Waals surface area contributed by atoms with Crippen molar-refractivity contribution in [3.05, 3.63) is 89.0 Å². The molecule has 0 aliphatic carbocycles. The van der Waals surface area contributed by atoms with E-state index in [1.165, 1.54) is 4.68 Å². The van der Waals surface area contributed by atoms with Crippen LogP contribution in [0.5, 0.6) is 0 Å². The lowest BCUT2D eigenvalue weighted by atomic mass is 10.1. The van der Waals surface area contributed by atoms with Gasteiger partial charge in [0, 0.05) is 0 Å². The summed E-state index contributed by atoms with van der Waals surface area (Å²) in [7, 11) is -3.99. The van der Waals surface area contributed by atoms with Crippen LogP contribution in [0, 0.1) is 20.8 Å². The number of hydrogen-bond donors (Lipinski definition) is 1. The number of sulfone groups is 1. The standard InChI is InChI=1S/C26H23N5O2S/c1-16-8-11-19(12-9-16)15-28-31-25(27)24(34(32,33)20-13-10-17(2)18(3)14-20)23-26(31)30-22-7-5-4-6-21(22)29-23/h4-15H,27H2,1-3H3/b28-15-. The van der Waals surface area contributed by atoms with Gasteiger partial charge < -0.3 is 5.73 Å². The number of para-hydroxylation sites is 2. The third-order valence-corrected chi connectivity index (χ3v) is 7.70. The molecule has 0 saturated heterocycles. The molecule has 3 aromatic carbocycles. The molecule has 2 heterocycles. The maximum absolute atomic E-state index is 13.8. The van der Waals surface area contributed by atoms with Crippen LogP contribution in [0.2, 0.25) is 0 Å². The van der Waals surface area contributed by atoms with Crippen molar-refractivity contribution in [3.8, 4) is 0 Å². The van der Waals surface area contributed by atoms with Gasteiger partial charge in [-0.25, -0.2) is 18.4 Å². The third kappa shape index (κ3) is 3.62. The molecular formula is C26H23N5O2S. The monoisotopic (exact) mass is 469 g/mol. The zero-order chi connectivity index (χ0) is 24.0. The van der Waals surface area contributed by atoms with Gasteiger partial charge in [0.1, 0.15) is 16.2 Å². The first kappa shape index (κ1) is 21.8. The van der Waals surface area contributed by atoms with Gasteiger partial charge in [0.05, 0.1) is 22.1 Å². The van der Waals surface area contributed by atoms with Crippen LogP contribution in [0.15, 0.2) is 81.6 Å². The molecule has 0 amide bonds. The summed E-state index contributed by atoms with van der Waals surface area (Å²) in [5, 5.41) is 4.50. The van der Waals surface area contributed by atoms with Gasteiger partial charge >= 0.3 is 0 Å². The minimum atomic E-state index is -3.99. The van der Waals surface area contributed by atoms with Crippen LogP contribution in [0.25, 0.3) is 22.2 Å². The fourth-order valence-electron chi connectivity index (χ4n) is 3.78. The second kappa shape index (κ2) is 8.07. The van der Waals surface area contributed by atoms with Crippen molar-refractivity contribution in [2.75, 3.05) is 5.73 Å². The number of rotatable bonds is 4. The van der Waals surface area contributed by atoms with Gasteiger partial charge in [0.25, 0.3) is 0 Å². The summed E-state index contributed by atoms with van der Waals surface area (Å²) >= 11 is 0. The Bertz CT molecular complexity index is 1700. The molecule has 0 saturated carbocycles. The SMILES string of the molecule is Cc1ccc(/C=N\n2c(N)c(S(=O)(=O)c3ccc(C)c(C)c3)c3nc4ccccc4nc32)cc1. The maximum atomic E-state index is 13.8. The highest BCUT2D eigenvalue weighted by atomic mass is 32.2. The second-order valence-electron chi connectivity index (χ2n) is 8.32. The Balaban J connectivity index is 1.79. The first-order chi connectivity index (χ1) is 16.3. The average molecular weight is 470 g/mol. The number of anilines is 1. The minimum absolute atomic E-state index is 0.0353. The Morgan fingerprint density at radius 2 is 1.56 bits per heavy atom. The molecule has 34 heavy (non-hydrogen) atoms. The Hall–Kier alpha value is -4.04. The molecule has 0 fully saturated rings. The average Bonchev–Trinajstić information content (AvgIpc) is 3.09. The zero-order valence-electron chi connectivity index (χ0n) is 19.0. The number of nitrogens with two attached hydrogens (primary N) is 1. The number of aromatic nitrogens is 3. The predicted octanol–water partition coefficient (Wildman–Crippen LogP) is 4.81. The summed E-state index contributed by atoms with van der Waals surface area (Å²) in [6.07, 6.45) is 1.62. The van der Waals surface area contributed by atoms with Crippen molar-refractivity contribution in [3.63, 3.8) is 0 Å². The minimum Gasteiger partial charge on any atom is -0.382 e. The summed E-state index contributed by atoms with van der Waals surface area (Å²) < 4.78 is 28.9. The van der Waals surface area contributed by atoms with Crippen molar-refractivity contribution in [1.29, 1.82) is 0 Å². The second-order valence-corrected chi connectivity index (χ2v) is 10.2. The fraction of sp³-hybridized carbons (Fsp3) is 0.115. The van der Waals surface area contributed by atoms with Gasteiger partial charge in [0.2, 0.25) is 9.84 Å². The van der Waals surface area contributed by atoms with Gasteiger partial charge in [0.15, 0.2) is 5.65 Å². The van der Waals surface area contributed by atoms with E-state index in [1.54, 1.807) is 30.5 Å².